The van der Waals surface area contributed by atoms with Gasteiger partial charge in [-0.3, -0.25) is 0 Å². The van der Waals surface area contributed by atoms with Crippen molar-refractivity contribution in [2.75, 3.05) is 18.5 Å². The number of piperidine rings is 1. The van der Waals surface area contributed by atoms with Crippen molar-refractivity contribution in [2.45, 2.75) is 51.0 Å². The molecule has 0 amide bonds. The first-order chi connectivity index (χ1) is 15.1. The molecule has 2 aromatic heterocycles. The van der Waals surface area contributed by atoms with Crippen LogP contribution in [0.5, 0.6) is 0 Å². The van der Waals surface area contributed by atoms with Gasteiger partial charge in [0.25, 0.3) is 0 Å². The number of hydrazine groups is 1. The number of fused-ring (bicyclic) bond motifs is 1. The second-order valence-electron chi connectivity index (χ2n) is 8.55. The molecular formula is C22H25ClF2N6. The number of imidazole rings is 1. The zero-order chi connectivity index (χ0) is 21.4. The van der Waals surface area contributed by atoms with Crippen molar-refractivity contribution in [3.63, 3.8) is 0 Å². The Hall–Kier alpha value is -2.32. The van der Waals surface area contributed by atoms with Crippen LogP contribution in [0.15, 0.2) is 24.5 Å². The van der Waals surface area contributed by atoms with E-state index in [9.17, 15) is 8.78 Å². The Kier molecular flexibility index (Phi) is 5.75. The topological polar surface area (TPSA) is 58.9 Å². The third-order valence-corrected chi connectivity index (χ3v) is 6.71. The largest absolute Gasteiger partial charge is 0.312 e. The summed E-state index contributed by atoms with van der Waals surface area (Å²) in [5.41, 5.74) is 5.02. The number of benzene rings is 1. The van der Waals surface area contributed by atoms with Crippen LogP contribution in [0, 0.1) is 17.6 Å². The first-order valence-electron chi connectivity index (χ1n) is 10.9. The van der Waals surface area contributed by atoms with E-state index in [4.69, 9.17) is 11.6 Å². The summed E-state index contributed by atoms with van der Waals surface area (Å²) in [5, 5.41) is 2.26. The maximum atomic E-state index is 14.0. The first kappa shape index (κ1) is 20.6. The van der Waals surface area contributed by atoms with E-state index in [1.807, 2.05) is 6.33 Å². The second kappa shape index (κ2) is 8.67. The summed E-state index contributed by atoms with van der Waals surface area (Å²) in [6.45, 7) is 1.49. The SMILES string of the molecule is Fc1cccc(F)c1CC1CCN(Nc2nc(Cl)nc3c2ncn3C2CCCC2)CC1. The summed E-state index contributed by atoms with van der Waals surface area (Å²) in [5.74, 6) is -0.0850. The summed E-state index contributed by atoms with van der Waals surface area (Å²) < 4.78 is 30.1. The average Bonchev–Trinajstić information content (AvgIpc) is 3.42. The fourth-order valence-corrected chi connectivity index (χ4v) is 5.00. The minimum atomic E-state index is -0.462. The maximum absolute atomic E-state index is 14.0. The standard InChI is InChI=1S/C22H25ClF2N6/c23-22-27-20(19-21(28-22)31(13-26-19)15-4-1-2-5-15)29-30-10-8-14(9-11-30)12-16-17(24)6-3-7-18(16)25/h3,6-7,13-15H,1-2,4-5,8-12H2,(H,27,28,29). The van der Waals surface area contributed by atoms with Crippen molar-refractivity contribution < 1.29 is 8.78 Å². The van der Waals surface area contributed by atoms with Gasteiger partial charge in [0.2, 0.25) is 5.28 Å². The van der Waals surface area contributed by atoms with Crippen LogP contribution in [0.4, 0.5) is 14.6 Å². The molecule has 6 nitrogen and oxygen atoms in total. The molecule has 1 aliphatic heterocycles. The Morgan fingerprint density at radius 1 is 1.03 bits per heavy atom. The molecule has 164 valence electrons. The van der Waals surface area contributed by atoms with Crippen LogP contribution in [-0.4, -0.2) is 37.6 Å². The number of rotatable bonds is 5. The molecule has 0 atom stereocenters. The molecule has 3 aromatic rings. The number of anilines is 1. The van der Waals surface area contributed by atoms with Gasteiger partial charge in [0.05, 0.1) is 6.33 Å². The van der Waals surface area contributed by atoms with Gasteiger partial charge in [-0.15, -0.1) is 0 Å². The molecule has 1 saturated carbocycles. The summed E-state index contributed by atoms with van der Waals surface area (Å²) in [4.78, 5) is 13.4. The van der Waals surface area contributed by atoms with Crippen LogP contribution in [-0.2, 0) is 6.42 Å². The lowest BCUT2D eigenvalue weighted by Crippen LogP contribution is -2.38. The molecule has 5 rings (SSSR count). The van der Waals surface area contributed by atoms with Crippen molar-refractivity contribution in [1.82, 2.24) is 24.5 Å². The van der Waals surface area contributed by atoms with Gasteiger partial charge < -0.3 is 9.99 Å². The first-order valence-corrected chi connectivity index (χ1v) is 11.3. The lowest BCUT2D eigenvalue weighted by atomic mass is 9.90. The summed E-state index contributed by atoms with van der Waals surface area (Å²) in [7, 11) is 0. The molecule has 1 aromatic carbocycles. The lowest BCUT2D eigenvalue weighted by molar-refractivity contribution is 0.214. The molecule has 0 radical (unpaired) electrons. The molecule has 1 N–H and O–H groups in total. The predicted molar refractivity (Wildman–Crippen MR) is 116 cm³/mol. The van der Waals surface area contributed by atoms with Crippen molar-refractivity contribution in [3.05, 3.63) is 47.0 Å². The van der Waals surface area contributed by atoms with E-state index in [0.29, 0.717) is 23.8 Å². The van der Waals surface area contributed by atoms with Gasteiger partial charge in [-0.05, 0) is 61.8 Å². The third-order valence-electron chi connectivity index (χ3n) is 6.55. The van der Waals surface area contributed by atoms with Crippen molar-refractivity contribution >= 4 is 28.6 Å². The Bertz CT molecular complexity index is 1050. The number of aromatic nitrogens is 4. The molecule has 3 heterocycles. The van der Waals surface area contributed by atoms with Gasteiger partial charge in [-0.2, -0.15) is 9.97 Å². The molecular weight excluding hydrogens is 422 g/mol. The van der Waals surface area contributed by atoms with Crippen LogP contribution in [0.1, 0.15) is 50.1 Å². The van der Waals surface area contributed by atoms with E-state index in [2.05, 4.69) is 30.0 Å². The average molecular weight is 447 g/mol. The number of hydrogen-bond donors (Lipinski definition) is 1. The molecule has 2 fully saturated rings. The van der Waals surface area contributed by atoms with Gasteiger partial charge in [0.1, 0.15) is 11.6 Å². The molecule has 9 heteroatoms. The zero-order valence-electron chi connectivity index (χ0n) is 17.2. The quantitative estimate of drug-likeness (QED) is 0.549. The Morgan fingerprint density at radius 2 is 1.74 bits per heavy atom. The van der Waals surface area contributed by atoms with E-state index in [0.717, 1.165) is 44.4 Å². The molecule has 0 unspecified atom stereocenters. The molecule has 0 bridgehead atoms. The molecule has 1 aliphatic carbocycles. The minimum Gasteiger partial charge on any atom is -0.312 e. The van der Waals surface area contributed by atoms with Gasteiger partial charge in [0.15, 0.2) is 17.0 Å². The normalized spacial score (nSPS) is 18.8. The van der Waals surface area contributed by atoms with Crippen molar-refractivity contribution in [1.29, 1.82) is 0 Å². The van der Waals surface area contributed by atoms with E-state index in [1.54, 1.807) is 0 Å². The highest BCUT2D eigenvalue weighted by molar-refractivity contribution is 6.28. The summed E-state index contributed by atoms with van der Waals surface area (Å²) in [6, 6.07) is 4.47. The van der Waals surface area contributed by atoms with Gasteiger partial charge in [-0.1, -0.05) is 18.9 Å². The molecule has 31 heavy (non-hydrogen) atoms. The number of halogens is 3. The number of nitrogens with one attached hydrogen (secondary N) is 1. The van der Waals surface area contributed by atoms with E-state index in [-0.39, 0.29) is 16.8 Å². The number of hydrogen-bond acceptors (Lipinski definition) is 5. The fraction of sp³-hybridized carbons (Fsp3) is 0.500. The molecule has 2 aliphatic rings. The maximum Gasteiger partial charge on any atom is 0.226 e. The van der Waals surface area contributed by atoms with Crippen LogP contribution >= 0.6 is 11.6 Å². The third kappa shape index (κ3) is 4.23. The summed E-state index contributed by atoms with van der Waals surface area (Å²) in [6.07, 6.45) is 8.63. The van der Waals surface area contributed by atoms with Crippen molar-refractivity contribution in [3.8, 4) is 0 Å². The van der Waals surface area contributed by atoms with Gasteiger partial charge in [0, 0.05) is 24.7 Å². The highest BCUT2D eigenvalue weighted by atomic mass is 35.5. The van der Waals surface area contributed by atoms with E-state index in [1.165, 1.54) is 31.0 Å². The zero-order valence-corrected chi connectivity index (χ0v) is 18.0. The van der Waals surface area contributed by atoms with E-state index >= 15 is 0 Å². The van der Waals surface area contributed by atoms with Gasteiger partial charge >= 0.3 is 0 Å². The molecule has 1 saturated heterocycles. The fourth-order valence-electron chi connectivity index (χ4n) is 4.83. The Morgan fingerprint density at radius 3 is 2.45 bits per heavy atom. The van der Waals surface area contributed by atoms with Crippen molar-refractivity contribution in [2.24, 2.45) is 5.92 Å². The minimum absolute atomic E-state index is 0.190. The Balaban J connectivity index is 1.27. The Labute approximate surface area is 184 Å². The highest BCUT2D eigenvalue weighted by Crippen LogP contribution is 2.33. The number of nitrogens with zero attached hydrogens (tertiary/aromatic N) is 5. The second-order valence-corrected chi connectivity index (χ2v) is 8.89. The predicted octanol–water partition coefficient (Wildman–Crippen LogP) is 5.15. The van der Waals surface area contributed by atoms with Gasteiger partial charge in [-0.25, -0.2) is 18.8 Å². The summed E-state index contributed by atoms with van der Waals surface area (Å²) >= 11 is 6.23. The molecule has 0 spiro atoms. The van der Waals surface area contributed by atoms with Crippen LogP contribution in [0.2, 0.25) is 5.28 Å². The smallest absolute Gasteiger partial charge is 0.226 e. The van der Waals surface area contributed by atoms with Crippen LogP contribution < -0.4 is 5.43 Å². The van der Waals surface area contributed by atoms with Crippen LogP contribution in [0.25, 0.3) is 11.2 Å². The monoisotopic (exact) mass is 446 g/mol. The van der Waals surface area contributed by atoms with Crippen LogP contribution in [0.3, 0.4) is 0 Å². The van der Waals surface area contributed by atoms with E-state index < -0.39 is 11.6 Å². The lowest BCUT2D eigenvalue weighted by Gasteiger charge is -2.32. The highest BCUT2D eigenvalue weighted by Gasteiger charge is 2.25.